The summed E-state index contributed by atoms with van der Waals surface area (Å²) >= 11 is 0. The molecule has 0 amide bonds. The summed E-state index contributed by atoms with van der Waals surface area (Å²) < 4.78 is 37.4. The Morgan fingerprint density at radius 2 is 2.44 bits per heavy atom. The van der Waals surface area contributed by atoms with Gasteiger partial charge in [0.1, 0.15) is 0 Å². The fraction of sp³-hybridized carbons (Fsp3) is 0.111. The van der Waals surface area contributed by atoms with Gasteiger partial charge >= 0.3 is 0 Å². The first-order valence-corrected chi connectivity index (χ1v) is 2.78. The minimum absolute atomic E-state index is 0.00347. The second-order valence-corrected chi connectivity index (χ2v) is 1.92. The maximum atomic E-state index is 7.59. The second-order valence-electron chi connectivity index (χ2n) is 1.92. The molecule has 0 atom stereocenters. The highest BCUT2D eigenvalue weighted by atomic mass is 14.0. The second kappa shape index (κ2) is 1.73. The summed E-state index contributed by atoms with van der Waals surface area (Å²) in [5, 5.41) is 0. The van der Waals surface area contributed by atoms with Crippen LogP contribution in [0.3, 0.4) is 0 Å². The van der Waals surface area contributed by atoms with E-state index in [1.165, 1.54) is 6.07 Å². The van der Waals surface area contributed by atoms with E-state index in [1.54, 1.807) is 0 Å². The van der Waals surface area contributed by atoms with E-state index >= 15 is 0 Å². The molecule has 0 bridgehead atoms. The van der Waals surface area contributed by atoms with E-state index in [0.717, 1.165) is 0 Å². The van der Waals surface area contributed by atoms with E-state index in [0.29, 0.717) is 17.5 Å². The van der Waals surface area contributed by atoms with Crippen LogP contribution in [0.15, 0.2) is 30.2 Å². The molecule has 1 aromatic rings. The van der Waals surface area contributed by atoms with Crippen LogP contribution in [-0.2, 0) is 6.42 Å². The summed E-state index contributed by atoms with van der Waals surface area (Å²) in [6.45, 7) is 0. The van der Waals surface area contributed by atoms with Crippen LogP contribution in [-0.4, -0.2) is 0 Å². The maximum Gasteiger partial charge on any atom is 0.0629 e. The van der Waals surface area contributed by atoms with Crippen LogP contribution in [0.25, 0.3) is 6.05 Å². The van der Waals surface area contributed by atoms with Crippen molar-refractivity contribution in [2.75, 3.05) is 0 Å². The zero-order valence-corrected chi connectivity index (χ0v) is 4.78. The van der Waals surface area contributed by atoms with Gasteiger partial charge in [-0.1, -0.05) is 36.3 Å². The fourth-order valence-electron chi connectivity index (χ4n) is 0.853. The van der Waals surface area contributed by atoms with E-state index < -0.39 is 0 Å². The maximum absolute atomic E-state index is 7.59. The molecule has 0 unspecified atom stereocenters. The van der Waals surface area contributed by atoms with Gasteiger partial charge in [0.05, 0.1) is 6.85 Å². The lowest BCUT2D eigenvalue weighted by Gasteiger charge is -1.93. The van der Waals surface area contributed by atoms with Gasteiger partial charge in [0.25, 0.3) is 0 Å². The first kappa shape index (κ1) is 1.98. The molecule has 44 valence electrons. The zero-order chi connectivity index (χ0) is 10.5. The molecule has 9 heavy (non-hydrogen) atoms. The molecule has 0 saturated carbocycles. The Labute approximate surface area is 61.9 Å². The molecule has 0 aromatic heterocycles. The smallest absolute Gasteiger partial charge is 0.0629 e. The van der Waals surface area contributed by atoms with Gasteiger partial charge in [0.15, 0.2) is 0 Å². The van der Waals surface area contributed by atoms with Gasteiger partial charge in [-0.2, -0.15) is 0 Å². The third-order valence-corrected chi connectivity index (χ3v) is 1.32. The Hall–Kier alpha value is -1.04. The molecule has 2 rings (SSSR count). The molecule has 0 spiro atoms. The van der Waals surface area contributed by atoms with Gasteiger partial charge in [-0.25, -0.2) is 0 Å². The van der Waals surface area contributed by atoms with E-state index in [2.05, 4.69) is 0 Å². The SMILES string of the molecule is [2H]C1=C([2H])c2c(cc([2H])c([2H])c2[2H])C1. The summed E-state index contributed by atoms with van der Waals surface area (Å²) in [6.07, 6.45) is 0.312. The standard InChI is InChI=1S/C9H8/c1-2-5-9-7-3-6-8(9)4-1/h1-6H,7H2/i1D,2D,3D,4D,6D. The molecular weight excluding hydrogens is 108 g/mol. The lowest BCUT2D eigenvalue weighted by Crippen LogP contribution is -1.76. The summed E-state index contributed by atoms with van der Waals surface area (Å²) in [5.74, 6) is 0. The highest BCUT2D eigenvalue weighted by Crippen LogP contribution is 2.17. The monoisotopic (exact) mass is 121 g/mol. The summed E-state index contributed by atoms with van der Waals surface area (Å²) in [5.41, 5.74) is 1.02. The van der Waals surface area contributed by atoms with Crippen molar-refractivity contribution in [2.45, 2.75) is 6.42 Å². The van der Waals surface area contributed by atoms with Crippen molar-refractivity contribution in [3.8, 4) is 0 Å². The quantitative estimate of drug-likeness (QED) is 0.494. The number of allylic oxidation sites excluding steroid dienone is 1. The number of benzene rings is 1. The van der Waals surface area contributed by atoms with Gasteiger partial charge in [0, 0.05) is 0 Å². The van der Waals surface area contributed by atoms with Crippen molar-refractivity contribution in [1.29, 1.82) is 0 Å². The molecule has 0 saturated heterocycles. The lowest BCUT2D eigenvalue weighted by molar-refractivity contribution is 1.31. The van der Waals surface area contributed by atoms with Crippen LogP contribution in [0.2, 0.25) is 0 Å². The largest absolute Gasteiger partial charge is 0.0795 e. The summed E-state index contributed by atoms with van der Waals surface area (Å²) in [7, 11) is 0. The van der Waals surface area contributed by atoms with Crippen molar-refractivity contribution in [1.82, 2.24) is 0 Å². The molecule has 1 aliphatic carbocycles. The molecule has 0 aliphatic heterocycles. The van der Waals surface area contributed by atoms with Gasteiger partial charge in [-0.05, 0) is 17.5 Å². The normalized spacial score (nSPS) is 23.8. The number of rotatable bonds is 0. The highest BCUT2D eigenvalue weighted by Gasteiger charge is 2.00. The topological polar surface area (TPSA) is 0 Å². The summed E-state index contributed by atoms with van der Waals surface area (Å²) in [4.78, 5) is 0. The van der Waals surface area contributed by atoms with Crippen LogP contribution in [0.5, 0.6) is 0 Å². The van der Waals surface area contributed by atoms with Crippen LogP contribution >= 0.6 is 0 Å². The molecule has 1 aliphatic rings. The Morgan fingerprint density at radius 3 is 3.44 bits per heavy atom. The van der Waals surface area contributed by atoms with Crippen molar-refractivity contribution in [2.24, 2.45) is 0 Å². The zero-order valence-electron chi connectivity index (χ0n) is 9.78. The van der Waals surface area contributed by atoms with E-state index in [-0.39, 0.29) is 30.2 Å². The van der Waals surface area contributed by atoms with E-state index in [9.17, 15) is 0 Å². The van der Waals surface area contributed by atoms with Crippen LogP contribution in [0, 0.1) is 0 Å². The Bertz CT molecular complexity index is 447. The lowest BCUT2D eigenvalue weighted by atomic mass is 10.1. The predicted molar refractivity (Wildman–Crippen MR) is 39.2 cm³/mol. The molecule has 0 heterocycles. The van der Waals surface area contributed by atoms with Gasteiger partial charge in [0.2, 0.25) is 0 Å². The highest BCUT2D eigenvalue weighted by molar-refractivity contribution is 5.59. The van der Waals surface area contributed by atoms with Crippen LogP contribution in [0.4, 0.5) is 0 Å². The summed E-state index contributed by atoms with van der Waals surface area (Å²) in [6, 6.07) is 1.41. The minimum atomic E-state index is -0.164. The number of hydrogen-bond donors (Lipinski definition) is 0. The average molecular weight is 121 g/mol. The van der Waals surface area contributed by atoms with Crippen molar-refractivity contribution < 1.29 is 6.85 Å². The third-order valence-electron chi connectivity index (χ3n) is 1.32. The third kappa shape index (κ3) is 0.672. The van der Waals surface area contributed by atoms with Gasteiger partial charge in [-0.3, -0.25) is 0 Å². The molecule has 0 radical (unpaired) electrons. The fourth-order valence-corrected chi connectivity index (χ4v) is 0.853. The molecule has 0 fully saturated rings. The molecule has 0 heteroatoms. The number of fused-ring (bicyclic) bond motifs is 1. The van der Waals surface area contributed by atoms with E-state index in [1.807, 2.05) is 0 Å². The molecule has 0 nitrogen and oxygen atoms in total. The molecule has 0 N–H and O–H groups in total. The van der Waals surface area contributed by atoms with Crippen molar-refractivity contribution in [3.63, 3.8) is 0 Å². The van der Waals surface area contributed by atoms with Crippen molar-refractivity contribution in [3.05, 3.63) is 41.4 Å². The molecule has 1 aromatic carbocycles. The minimum Gasteiger partial charge on any atom is -0.0795 e. The average Bonchev–Trinajstić information content (AvgIpc) is 2.39. The van der Waals surface area contributed by atoms with E-state index in [4.69, 9.17) is 6.85 Å². The Kier molecular flexibility index (Phi) is 0.380. The Morgan fingerprint density at radius 1 is 1.44 bits per heavy atom. The van der Waals surface area contributed by atoms with Gasteiger partial charge < -0.3 is 0 Å². The van der Waals surface area contributed by atoms with Crippen molar-refractivity contribution >= 4 is 6.05 Å². The first-order valence-electron chi connectivity index (χ1n) is 5.28. The first-order chi connectivity index (χ1) is 6.52. The predicted octanol–water partition coefficient (Wildman–Crippen LogP) is 2.26. The molecular formula is C9H8. The van der Waals surface area contributed by atoms with Gasteiger partial charge in [-0.15, -0.1) is 0 Å². The van der Waals surface area contributed by atoms with Crippen LogP contribution < -0.4 is 0 Å². The van der Waals surface area contributed by atoms with Crippen LogP contribution in [0.1, 0.15) is 18.0 Å². The number of hydrogen-bond acceptors (Lipinski definition) is 0. The Balaban J connectivity index is 2.74.